The minimum atomic E-state index is 0.283. The topological polar surface area (TPSA) is 32.3 Å². The van der Waals surface area contributed by atoms with Crippen LogP contribution in [-0.2, 0) is 0 Å². The van der Waals surface area contributed by atoms with Gasteiger partial charge in [0.2, 0.25) is 0 Å². The first-order valence-corrected chi connectivity index (χ1v) is 4.17. The summed E-state index contributed by atoms with van der Waals surface area (Å²) in [5.74, 6) is 0.544. The summed E-state index contributed by atoms with van der Waals surface area (Å²) in [6, 6.07) is 0.371. The molecule has 0 amide bonds. The molecule has 0 aliphatic carbocycles. The van der Waals surface area contributed by atoms with Crippen molar-refractivity contribution < 1.29 is 5.11 Å². The molecule has 0 rings (SSSR count). The molecule has 0 aliphatic rings. The second-order valence-corrected chi connectivity index (χ2v) is 3.05. The average molecular weight is 157 g/mol. The van der Waals surface area contributed by atoms with Crippen LogP contribution in [-0.4, -0.2) is 24.3 Å². The summed E-state index contributed by atoms with van der Waals surface area (Å²) in [5.41, 5.74) is 0. The zero-order valence-corrected chi connectivity index (χ0v) is 7.51. The highest BCUT2D eigenvalue weighted by Gasteiger charge is 2.01. The van der Waals surface area contributed by atoms with Crippen LogP contribution >= 0.6 is 0 Å². The van der Waals surface area contributed by atoms with Crippen LogP contribution in [0.25, 0.3) is 0 Å². The van der Waals surface area contributed by atoms with Gasteiger partial charge in [-0.05, 0) is 25.8 Å². The van der Waals surface area contributed by atoms with E-state index in [0.717, 1.165) is 13.0 Å². The summed E-state index contributed by atoms with van der Waals surface area (Å²) >= 11 is 0. The Kier molecular flexibility index (Phi) is 6.18. The standard InChI is InChI=1S/C9H19NO/c1-4-9(3)10-7-8(2)5-6-11/h4,8-11H,1,5-7H2,2-3H3. The van der Waals surface area contributed by atoms with E-state index in [0.29, 0.717) is 12.0 Å². The third kappa shape index (κ3) is 6.07. The van der Waals surface area contributed by atoms with E-state index in [1.165, 1.54) is 0 Å². The smallest absolute Gasteiger partial charge is 0.0434 e. The lowest BCUT2D eigenvalue weighted by Gasteiger charge is -2.13. The Morgan fingerprint density at radius 2 is 2.18 bits per heavy atom. The van der Waals surface area contributed by atoms with Gasteiger partial charge in [-0.1, -0.05) is 13.0 Å². The molecule has 0 aromatic carbocycles. The Bertz CT molecular complexity index is 104. The van der Waals surface area contributed by atoms with Crippen LogP contribution in [0.3, 0.4) is 0 Å². The Labute approximate surface area is 69.3 Å². The minimum absolute atomic E-state index is 0.283. The highest BCUT2D eigenvalue weighted by atomic mass is 16.3. The lowest BCUT2D eigenvalue weighted by atomic mass is 10.1. The van der Waals surface area contributed by atoms with Gasteiger partial charge in [0, 0.05) is 12.6 Å². The fraction of sp³-hybridized carbons (Fsp3) is 0.778. The number of nitrogens with one attached hydrogen (secondary N) is 1. The molecule has 0 aliphatic heterocycles. The average Bonchev–Trinajstić information content (AvgIpc) is 2.01. The zero-order chi connectivity index (χ0) is 8.69. The normalized spacial score (nSPS) is 15.9. The summed E-state index contributed by atoms with van der Waals surface area (Å²) < 4.78 is 0. The van der Waals surface area contributed by atoms with Crippen LogP contribution in [0.1, 0.15) is 20.3 Å². The van der Waals surface area contributed by atoms with Gasteiger partial charge in [0.15, 0.2) is 0 Å². The number of aliphatic hydroxyl groups is 1. The second-order valence-electron chi connectivity index (χ2n) is 3.05. The molecule has 0 spiro atoms. The van der Waals surface area contributed by atoms with Gasteiger partial charge in [0.1, 0.15) is 0 Å². The maximum Gasteiger partial charge on any atom is 0.0434 e. The van der Waals surface area contributed by atoms with Crippen molar-refractivity contribution in [3.8, 4) is 0 Å². The van der Waals surface area contributed by atoms with Crippen molar-refractivity contribution in [1.29, 1.82) is 0 Å². The maximum atomic E-state index is 8.61. The first kappa shape index (κ1) is 10.7. The quantitative estimate of drug-likeness (QED) is 0.567. The number of rotatable bonds is 6. The SMILES string of the molecule is C=CC(C)NCC(C)CCO. The Hall–Kier alpha value is -0.340. The number of aliphatic hydroxyl groups excluding tert-OH is 1. The molecule has 2 heteroatoms. The monoisotopic (exact) mass is 157 g/mol. The van der Waals surface area contributed by atoms with Gasteiger partial charge >= 0.3 is 0 Å². The fourth-order valence-electron chi connectivity index (χ4n) is 0.793. The predicted molar refractivity (Wildman–Crippen MR) is 48.5 cm³/mol. The van der Waals surface area contributed by atoms with Crippen LogP contribution in [0.5, 0.6) is 0 Å². The Morgan fingerprint density at radius 1 is 1.55 bits per heavy atom. The van der Waals surface area contributed by atoms with Gasteiger partial charge in [-0.3, -0.25) is 0 Å². The van der Waals surface area contributed by atoms with E-state index < -0.39 is 0 Å². The molecule has 0 radical (unpaired) electrons. The molecule has 0 heterocycles. The van der Waals surface area contributed by atoms with Gasteiger partial charge in [-0.25, -0.2) is 0 Å². The van der Waals surface area contributed by atoms with Crippen LogP contribution in [0.4, 0.5) is 0 Å². The van der Waals surface area contributed by atoms with E-state index in [-0.39, 0.29) is 6.61 Å². The van der Waals surface area contributed by atoms with Crippen LogP contribution in [0, 0.1) is 5.92 Å². The van der Waals surface area contributed by atoms with Crippen molar-refractivity contribution in [3.63, 3.8) is 0 Å². The van der Waals surface area contributed by atoms with Gasteiger partial charge in [0.25, 0.3) is 0 Å². The van der Waals surface area contributed by atoms with E-state index in [4.69, 9.17) is 5.11 Å². The molecule has 0 saturated carbocycles. The molecule has 0 aromatic heterocycles. The van der Waals surface area contributed by atoms with E-state index in [1.807, 2.05) is 6.08 Å². The van der Waals surface area contributed by atoms with Crippen LogP contribution in [0.15, 0.2) is 12.7 Å². The third-order valence-corrected chi connectivity index (χ3v) is 1.76. The Balaban J connectivity index is 3.29. The fourth-order valence-corrected chi connectivity index (χ4v) is 0.793. The minimum Gasteiger partial charge on any atom is -0.396 e. The summed E-state index contributed by atoms with van der Waals surface area (Å²) in [6.07, 6.45) is 2.75. The highest BCUT2D eigenvalue weighted by Crippen LogP contribution is 1.98. The summed E-state index contributed by atoms with van der Waals surface area (Å²) in [5, 5.41) is 11.9. The molecule has 66 valence electrons. The summed E-state index contributed by atoms with van der Waals surface area (Å²) in [4.78, 5) is 0. The van der Waals surface area contributed by atoms with Crippen molar-refractivity contribution in [1.82, 2.24) is 5.32 Å². The van der Waals surface area contributed by atoms with E-state index >= 15 is 0 Å². The number of hydrogen-bond donors (Lipinski definition) is 2. The van der Waals surface area contributed by atoms with Crippen molar-refractivity contribution in [2.45, 2.75) is 26.3 Å². The highest BCUT2D eigenvalue weighted by molar-refractivity contribution is 4.81. The first-order chi connectivity index (χ1) is 5.20. The van der Waals surface area contributed by atoms with E-state index in [1.54, 1.807) is 0 Å². The van der Waals surface area contributed by atoms with Crippen LogP contribution in [0.2, 0.25) is 0 Å². The summed E-state index contributed by atoms with van der Waals surface area (Å²) in [7, 11) is 0. The molecule has 0 aromatic rings. The van der Waals surface area contributed by atoms with Gasteiger partial charge in [-0.15, -0.1) is 6.58 Å². The molecule has 0 fully saturated rings. The molecule has 2 atom stereocenters. The Morgan fingerprint density at radius 3 is 2.64 bits per heavy atom. The second kappa shape index (κ2) is 6.38. The van der Waals surface area contributed by atoms with Crippen molar-refractivity contribution >= 4 is 0 Å². The molecule has 2 nitrogen and oxygen atoms in total. The van der Waals surface area contributed by atoms with Gasteiger partial charge < -0.3 is 10.4 Å². The van der Waals surface area contributed by atoms with Gasteiger partial charge in [-0.2, -0.15) is 0 Å². The first-order valence-electron chi connectivity index (χ1n) is 4.17. The van der Waals surface area contributed by atoms with E-state index in [9.17, 15) is 0 Å². The summed E-state index contributed by atoms with van der Waals surface area (Å²) in [6.45, 7) is 9.10. The molecule has 11 heavy (non-hydrogen) atoms. The van der Waals surface area contributed by atoms with Gasteiger partial charge in [0.05, 0.1) is 0 Å². The van der Waals surface area contributed by atoms with Crippen molar-refractivity contribution in [2.24, 2.45) is 5.92 Å². The molecule has 2 unspecified atom stereocenters. The molecular formula is C9H19NO. The molecule has 2 N–H and O–H groups in total. The predicted octanol–water partition coefficient (Wildman–Crippen LogP) is 1.17. The molecule has 0 bridgehead atoms. The van der Waals surface area contributed by atoms with Crippen molar-refractivity contribution in [3.05, 3.63) is 12.7 Å². The molecular weight excluding hydrogens is 138 g/mol. The molecule has 0 saturated heterocycles. The lowest BCUT2D eigenvalue weighted by Crippen LogP contribution is -2.28. The largest absolute Gasteiger partial charge is 0.396 e. The van der Waals surface area contributed by atoms with Crippen molar-refractivity contribution in [2.75, 3.05) is 13.2 Å². The zero-order valence-electron chi connectivity index (χ0n) is 7.51. The lowest BCUT2D eigenvalue weighted by molar-refractivity contribution is 0.259. The maximum absolute atomic E-state index is 8.61. The number of hydrogen-bond acceptors (Lipinski definition) is 2. The third-order valence-electron chi connectivity index (χ3n) is 1.76. The van der Waals surface area contributed by atoms with E-state index in [2.05, 4.69) is 25.7 Å². The van der Waals surface area contributed by atoms with Crippen LogP contribution < -0.4 is 5.32 Å².